The summed E-state index contributed by atoms with van der Waals surface area (Å²) in [4.78, 5) is 3.87. The number of benzene rings is 1. The second-order valence-electron chi connectivity index (χ2n) is 3.66. The van der Waals surface area contributed by atoms with Gasteiger partial charge in [0.2, 0.25) is 0 Å². The van der Waals surface area contributed by atoms with Crippen molar-refractivity contribution >= 4 is 11.8 Å². The largest absolute Gasteiger partial charge is 0.417 e. The van der Waals surface area contributed by atoms with E-state index in [2.05, 4.69) is 4.99 Å². The van der Waals surface area contributed by atoms with Gasteiger partial charge in [0.15, 0.2) is 0 Å². The maximum atomic E-state index is 13.6. The second-order valence-corrected chi connectivity index (χ2v) is 3.66. The number of allylic oxidation sites excluding steroid dienone is 1. The number of hydrogen-bond acceptors (Lipinski definition) is 1. The first-order valence-electron chi connectivity index (χ1n) is 5.05. The van der Waals surface area contributed by atoms with Crippen LogP contribution in [0.5, 0.6) is 0 Å². The fourth-order valence-corrected chi connectivity index (χ4v) is 1.78. The summed E-state index contributed by atoms with van der Waals surface area (Å²) >= 11 is 0. The molecule has 0 fully saturated rings. The highest BCUT2D eigenvalue weighted by atomic mass is 19.4. The number of halogens is 4. The first-order chi connectivity index (χ1) is 8.00. The third kappa shape index (κ3) is 2.38. The van der Waals surface area contributed by atoms with Crippen LogP contribution in [0, 0.1) is 5.82 Å². The molecule has 0 bridgehead atoms. The number of alkyl halides is 3. The smallest absolute Gasteiger partial charge is 0.293 e. The van der Waals surface area contributed by atoms with E-state index >= 15 is 0 Å². The first-order valence-corrected chi connectivity index (χ1v) is 5.05. The normalized spacial score (nSPS) is 15.9. The van der Waals surface area contributed by atoms with Gasteiger partial charge in [0.05, 0.1) is 5.56 Å². The van der Waals surface area contributed by atoms with E-state index in [9.17, 15) is 17.6 Å². The average molecular weight is 243 g/mol. The van der Waals surface area contributed by atoms with E-state index in [1.165, 1.54) is 12.3 Å². The van der Waals surface area contributed by atoms with Crippen molar-refractivity contribution in [3.8, 4) is 0 Å². The van der Waals surface area contributed by atoms with Crippen molar-refractivity contribution in [3.63, 3.8) is 0 Å². The van der Waals surface area contributed by atoms with Crippen LogP contribution in [0.15, 0.2) is 29.3 Å². The van der Waals surface area contributed by atoms with E-state index in [0.29, 0.717) is 18.5 Å². The van der Waals surface area contributed by atoms with Gasteiger partial charge in [-0.25, -0.2) is 4.39 Å². The lowest BCUT2D eigenvalue weighted by Crippen LogP contribution is -2.11. The van der Waals surface area contributed by atoms with Crippen LogP contribution in [0.4, 0.5) is 17.6 Å². The molecule has 1 aliphatic heterocycles. The van der Waals surface area contributed by atoms with E-state index in [1.807, 2.05) is 0 Å². The predicted molar refractivity (Wildman–Crippen MR) is 57.4 cm³/mol. The van der Waals surface area contributed by atoms with Gasteiger partial charge >= 0.3 is 6.18 Å². The third-order valence-corrected chi connectivity index (χ3v) is 2.53. The average Bonchev–Trinajstić information content (AvgIpc) is 2.28. The minimum atomic E-state index is -4.55. The quantitative estimate of drug-likeness (QED) is 0.667. The molecule has 1 nitrogen and oxygen atoms in total. The molecule has 0 saturated heterocycles. The van der Waals surface area contributed by atoms with Crippen molar-refractivity contribution in [2.24, 2.45) is 4.99 Å². The fourth-order valence-electron chi connectivity index (χ4n) is 1.78. The van der Waals surface area contributed by atoms with Crippen molar-refractivity contribution in [3.05, 3.63) is 41.2 Å². The Kier molecular flexibility index (Phi) is 3.00. The molecule has 5 heteroatoms. The minimum Gasteiger partial charge on any atom is -0.293 e. The number of rotatable bonds is 1. The van der Waals surface area contributed by atoms with E-state index in [4.69, 9.17) is 0 Å². The van der Waals surface area contributed by atoms with Crippen LogP contribution in [0.3, 0.4) is 0 Å². The van der Waals surface area contributed by atoms with Gasteiger partial charge in [0.1, 0.15) is 5.82 Å². The molecule has 0 aliphatic carbocycles. The van der Waals surface area contributed by atoms with Crippen molar-refractivity contribution in [1.29, 1.82) is 0 Å². The van der Waals surface area contributed by atoms with Crippen LogP contribution >= 0.6 is 0 Å². The summed E-state index contributed by atoms with van der Waals surface area (Å²) in [6.45, 7) is 0.386. The van der Waals surface area contributed by atoms with Gasteiger partial charge in [-0.1, -0.05) is 6.07 Å². The topological polar surface area (TPSA) is 12.4 Å². The third-order valence-electron chi connectivity index (χ3n) is 2.53. The Morgan fingerprint density at radius 2 is 1.94 bits per heavy atom. The molecule has 17 heavy (non-hydrogen) atoms. The molecular weight excluding hydrogens is 234 g/mol. The summed E-state index contributed by atoms with van der Waals surface area (Å²) in [6.07, 6.45) is -1.39. The van der Waals surface area contributed by atoms with E-state index in [1.54, 1.807) is 0 Å². The molecule has 1 aromatic carbocycles. The second kappa shape index (κ2) is 4.31. The highest BCUT2D eigenvalue weighted by Crippen LogP contribution is 2.37. The zero-order valence-electron chi connectivity index (χ0n) is 8.76. The molecule has 1 aliphatic rings. The molecule has 0 amide bonds. The molecule has 0 atom stereocenters. The molecule has 0 spiro atoms. The van der Waals surface area contributed by atoms with E-state index in [0.717, 1.165) is 18.2 Å². The van der Waals surface area contributed by atoms with Crippen LogP contribution in [-0.2, 0) is 6.18 Å². The molecule has 2 rings (SSSR count). The molecule has 90 valence electrons. The highest BCUT2D eigenvalue weighted by molar-refractivity contribution is 5.87. The number of nitrogens with zero attached hydrogens (tertiary/aromatic N) is 1. The first kappa shape index (κ1) is 11.8. The molecule has 0 N–H and O–H groups in total. The summed E-state index contributed by atoms with van der Waals surface area (Å²) in [5, 5.41) is 0. The van der Waals surface area contributed by atoms with Crippen LogP contribution in [0.25, 0.3) is 5.57 Å². The van der Waals surface area contributed by atoms with E-state index in [-0.39, 0.29) is 5.56 Å². The standard InChI is InChI=1S/C12H9F4N/c13-10-3-1-2-9(12(14,15)16)11(10)8-4-6-17-7-5-8/h1-4,6H,5,7H2. The lowest BCUT2D eigenvalue weighted by molar-refractivity contribution is -0.138. The SMILES string of the molecule is Fc1cccc(C(F)(F)F)c1C1=CC=NCC1. The molecule has 0 aromatic heterocycles. The Morgan fingerprint density at radius 3 is 2.53 bits per heavy atom. The number of dihydropyridines is 1. The highest BCUT2D eigenvalue weighted by Gasteiger charge is 2.35. The fraction of sp³-hybridized carbons (Fsp3) is 0.250. The Morgan fingerprint density at radius 1 is 1.18 bits per heavy atom. The van der Waals surface area contributed by atoms with Crippen LogP contribution in [-0.4, -0.2) is 12.8 Å². The summed E-state index contributed by atoms with van der Waals surface area (Å²) in [7, 11) is 0. The Labute approximate surface area is 95.5 Å². The lowest BCUT2D eigenvalue weighted by Gasteiger charge is -2.16. The van der Waals surface area contributed by atoms with Gasteiger partial charge in [-0.2, -0.15) is 13.2 Å². The van der Waals surface area contributed by atoms with Crippen molar-refractivity contribution in [1.82, 2.24) is 0 Å². The van der Waals surface area contributed by atoms with Crippen molar-refractivity contribution < 1.29 is 17.6 Å². The Balaban J connectivity index is 2.59. The van der Waals surface area contributed by atoms with Gasteiger partial charge in [0.25, 0.3) is 0 Å². The van der Waals surface area contributed by atoms with Gasteiger partial charge in [-0.3, -0.25) is 4.99 Å². The molecule has 0 radical (unpaired) electrons. The minimum absolute atomic E-state index is 0.320. The van der Waals surface area contributed by atoms with Crippen LogP contribution in [0.1, 0.15) is 17.5 Å². The maximum absolute atomic E-state index is 13.6. The monoisotopic (exact) mass is 243 g/mol. The molecule has 0 unspecified atom stereocenters. The maximum Gasteiger partial charge on any atom is 0.417 e. The van der Waals surface area contributed by atoms with Gasteiger partial charge < -0.3 is 0 Å². The predicted octanol–water partition coefficient (Wildman–Crippen LogP) is 3.70. The molecular formula is C12H9F4N. The lowest BCUT2D eigenvalue weighted by atomic mass is 9.95. The Bertz CT molecular complexity index is 486. The van der Waals surface area contributed by atoms with Gasteiger partial charge in [0, 0.05) is 18.3 Å². The molecule has 0 saturated carbocycles. The van der Waals surface area contributed by atoms with Crippen molar-refractivity contribution in [2.45, 2.75) is 12.6 Å². The number of hydrogen-bond donors (Lipinski definition) is 0. The summed E-state index contributed by atoms with van der Waals surface area (Å²) in [5.41, 5.74) is -0.948. The van der Waals surface area contributed by atoms with Crippen molar-refractivity contribution in [2.75, 3.05) is 6.54 Å². The summed E-state index contributed by atoms with van der Waals surface area (Å²) < 4.78 is 51.8. The Hall–Kier alpha value is -1.65. The molecule has 1 heterocycles. The number of aliphatic imine (C=N–C) groups is 1. The zero-order chi connectivity index (χ0) is 12.5. The van der Waals surface area contributed by atoms with Gasteiger partial charge in [-0.15, -0.1) is 0 Å². The van der Waals surface area contributed by atoms with E-state index < -0.39 is 17.6 Å². The summed E-state index contributed by atoms with van der Waals surface area (Å²) in [5.74, 6) is -0.846. The van der Waals surface area contributed by atoms with Gasteiger partial charge in [-0.05, 0) is 30.2 Å². The van der Waals surface area contributed by atoms with Crippen LogP contribution < -0.4 is 0 Å². The molecule has 1 aromatic rings. The summed E-state index contributed by atoms with van der Waals surface area (Å²) in [6, 6.07) is 3.00. The van der Waals surface area contributed by atoms with Crippen LogP contribution in [0.2, 0.25) is 0 Å². The zero-order valence-corrected chi connectivity index (χ0v) is 8.76.